The van der Waals surface area contributed by atoms with Crippen molar-refractivity contribution >= 4 is 0 Å². The molecule has 3 N–H and O–H groups in total. The molecule has 0 aliphatic heterocycles. The van der Waals surface area contributed by atoms with E-state index in [0.29, 0.717) is 24.8 Å². The van der Waals surface area contributed by atoms with Crippen LogP contribution in [0.5, 0.6) is 11.5 Å². The predicted octanol–water partition coefficient (Wildman–Crippen LogP) is 7.29. The minimum atomic E-state index is -0.803. The van der Waals surface area contributed by atoms with Crippen LogP contribution in [0.4, 0.5) is 0 Å². The molecule has 0 fully saturated rings. The van der Waals surface area contributed by atoms with Crippen molar-refractivity contribution in [3.8, 4) is 11.5 Å². The van der Waals surface area contributed by atoms with E-state index >= 15 is 0 Å². The Hall–Kier alpha value is -2.00. The zero-order chi connectivity index (χ0) is 22.7. The van der Waals surface area contributed by atoms with Gasteiger partial charge in [0.1, 0.15) is 0 Å². The number of aromatic hydroxyl groups is 2. The molecule has 0 radical (unpaired) electrons. The fourth-order valence-corrected chi connectivity index (χ4v) is 3.53. The van der Waals surface area contributed by atoms with Crippen LogP contribution >= 0.6 is 0 Å². The van der Waals surface area contributed by atoms with Crippen LogP contribution in [0.15, 0.2) is 47.1 Å². The molecule has 168 valence electrons. The zero-order valence-corrected chi connectivity index (χ0v) is 19.9. The first-order valence-electron chi connectivity index (χ1n) is 11.2. The molecule has 1 unspecified atom stereocenters. The number of hydrogen-bond acceptors (Lipinski definition) is 3. The van der Waals surface area contributed by atoms with E-state index in [-0.39, 0.29) is 11.5 Å². The maximum Gasteiger partial charge on any atom is 0.160 e. The van der Waals surface area contributed by atoms with Gasteiger partial charge in [-0.25, -0.2) is 0 Å². The van der Waals surface area contributed by atoms with Gasteiger partial charge in [0.2, 0.25) is 0 Å². The van der Waals surface area contributed by atoms with Crippen LogP contribution in [0.2, 0.25) is 0 Å². The van der Waals surface area contributed by atoms with Crippen molar-refractivity contribution < 1.29 is 15.3 Å². The standard InChI is InChI=1S/C27H42O3/c1-20(2)10-7-11-21(3)12-8-13-22(4)14-9-18-27(6,30)19-17-24-23(5)15-16-25(28)26(24)29/h10,12,14-16,28-30H,7-9,11,13,17-19H2,1-6H3/b21-12+,22-14+. The van der Waals surface area contributed by atoms with Crippen molar-refractivity contribution in [2.24, 2.45) is 0 Å². The molecule has 0 saturated carbocycles. The van der Waals surface area contributed by atoms with Crippen LogP contribution in [0.1, 0.15) is 90.7 Å². The Labute approximate surface area is 183 Å². The molecule has 1 aromatic carbocycles. The van der Waals surface area contributed by atoms with Crippen molar-refractivity contribution in [3.05, 3.63) is 58.2 Å². The second-order valence-electron chi connectivity index (χ2n) is 9.22. The number of rotatable bonds is 12. The summed E-state index contributed by atoms with van der Waals surface area (Å²) >= 11 is 0. The summed E-state index contributed by atoms with van der Waals surface area (Å²) in [6, 6.07) is 3.29. The van der Waals surface area contributed by atoms with Crippen LogP contribution in [-0.2, 0) is 6.42 Å². The van der Waals surface area contributed by atoms with Crippen molar-refractivity contribution in [3.63, 3.8) is 0 Å². The molecule has 30 heavy (non-hydrogen) atoms. The minimum Gasteiger partial charge on any atom is -0.504 e. The van der Waals surface area contributed by atoms with Gasteiger partial charge in [0.25, 0.3) is 0 Å². The summed E-state index contributed by atoms with van der Waals surface area (Å²) in [6.45, 7) is 12.4. The Kier molecular flexibility index (Phi) is 11.0. The summed E-state index contributed by atoms with van der Waals surface area (Å²) in [4.78, 5) is 0. The topological polar surface area (TPSA) is 60.7 Å². The third-order valence-corrected chi connectivity index (χ3v) is 5.71. The third-order valence-electron chi connectivity index (χ3n) is 5.71. The summed E-state index contributed by atoms with van der Waals surface area (Å²) in [5.74, 6) is -0.166. The van der Waals surface area contributed by atoms with Gasteiger partial charge >= 0.3 is 0 Å². The van der Waals surface area contributed by atoms with Crippen LogP contribution in [0.25, 0.3) is 0 Å². The highest BCUT2D eigenvalue weighted by Crippen LogP contribution is 2.33. The Bertz CT molecular complexity index is 763. The van der Waals surface area contributed by atoms with E-state index in [9.17, 15) is 15.3 Å². The van der Waals surface area contributed by atoms with Crippen LogP contribution < -0.4 is 0 Å². The molecule has 0 spiro atoms. The Morgan fingerprint density at radius 1 is 0.867 bits per heavy atom. The molecule has 0 aromatic heterocycles. The Balaban J connectivity index is 2.42. The summed E-state index contributed by atoms with van der Waals surface area (Å²) in [5.41, 5.74) is 5.04. The third kappa shape index (κ3) is 10.2. The molecule has 0 aliphatic rings. The van der Waals surface area contributed by atoms with E-state index in [0.717, 1.165) is 37.7 Å². The van der Waals surface area contributed by atoms with E-state index < -0.39 is 5.60 Å². The normalized spacial score (nSPS) is 14.5. The van der Waals surface area contributed by atoms with Crippen LogP contribution in [0, 0.1) is 6.92 Å². The molecular weight excluding hydrogens is 372 g/mol. The van der Waals surface area contributed by atoms with Gasteiger partial charge in [-0.3, -0.25) is 0 Å². The lowest BCUT2D eigenvalue weighted by Crippen LogP contribution is -2.24. The van der Waals surface area contributed by atoms with E-state index in [1.807, 2.05) is 13.8 Å². The van der Waals surface area contributed by atoms with Gasteiger partial charge in [0.05, 0.1) is 5.60 Å². The maximum atomic E-state index is 10.7. The molecule has 0 aliphatic carbocycles. The Morgan fingerprint density at radius 3 is 2.03 bits per heavy atom. The van der Waals surface area contributed by atoms with Gasteiger partial charge in [-0.2, -0.15) is 0 Å². The molecule has 0 bridgehead atoms. The smallest absolute Gasteiger partial charge is 0.160 e. The first-order valence-corrected chi connectivity index (χ1v) is 11.2. The molecule has 1 atom stereocenters. The van der Waals surface area contributed by atoms with Gasteiger partial charge in [-0.05, 0) is 105 Å². The largest absolute Gasteiger partial charge is 0.504 e. The van der Waals surface area contributed by atoms with E-state index in [1.165, 1.54) is 22.8 Å². The number of phenolic OH excluding ortho intramolecular Hbond substituents is 2. The molecule has 1 rings (SSSR count). The van der Waals surface area contributed by atoms with E-state index in [4.69, 9.17) is 0 Å². The molecule has 3 nitrogen and oxygen atoms in total. The van der Waals surface area contributed by atoms with Gasteiger partial charge in [-0.15, -0.1) is 0 Å². The van der Waals surface area contributed by atoms with Crippen LogP contribution in [-0.4, -0.2) is 20.9 Å². The van der Waals surface area contributed by atoms with Gasteiger partial charge in [-0.1, -0.05) is 41.0 Å². The summed E-state index contributed by atoms with van der Waals surface area (Å²) in [5, 5.41) is 30.5. The average molecular weight is 415 g/mol. The highest BCUT2D eigenvalue weighted by molar-refractivity contribution is 5.48. The van der Waals surface area contributed by atoms with Crippen LogP contribution in [0.3, 0.4) is 0 Å². The first-order chi connectivity index (χ1) is 14.0. The number of allylic oxidation sites excluding steroid dienone is 6. The monoisotopic (exact) mass is 414 g/mol. The number of aryl methyl sites for hydroxylation is 1. The zero-order valence-electron chi connectivity index (χ0n) is 19.9. The summed E-state index contributed by atoms with van der Waals surface area (Å²) in [6.07, 6.45) is 13.8. The highest BCUT2D eigenvalue weighted by Gasteiger charge is 2.21. The SMILES string of the molecule is CC(C)=CCC/C(C)=C/CC/C(C)=C/CCC(C)(O)CCc1c(C)ccc(O)c1O. The quantitative estimate of drug-likeness (QED) is 0.248. The van der Waals surface area contributed by atoms with Crippen molar-refractivity contribution in [2.75, 3.05) is 0 Å². The van der Waals surface area contributed by atoms with E-state index in [1.54, 1.807) is 6.07 Å². The Morgan fingerprint density at radius 2 is 1.43 bits per heavy atom. The van der Waals surface area contributed by atoms with Crippen molar-refractivity contribution in [1.82, 2.24) is 0 Å². The maximum absolute atomic E-state index is 10.7. The average Bonchev–Trinajstić information content (AvgIpc) is 2.64. The molecule has 3 heteroatoms. The van der Waals surface area contributed by atoms with Gasteiger partial charge in [0.15, 0.2) is 11.5 Å². The number of phenols is 2. The number of hydrogen-bond donors (Lipinski definition) is 3. The highest BCUT2D eigenvalue weighted by atomic mass is 16.3. The fourth-order valence-electron chi connectivity index (χ4n) is 3.53. The molecular formula is C27H42O3. The van der Waals surface area contributed by atoms with Crippen molar-refractivity contribution in [2.45, 2.75) is 98.5 Å². The lowest BCUT2D eigenvalue weighted by molar-refractivity contribution is 0.0431. The predicted molar refractivity (Wildman–Crippen MR) is 128 cm³/mol. The second-order valence-corrected chi connectivity index (χ2v) is 9.22. The fraction of sp³-hybridized carbons (Fsp3) is 0.556. The first kappa shape index (κ1) is 26.0. The summed E-state index contributed by atoms with van der Waals surface area (Å²) < 4.78 is 0. The lowest BCUT2D eigenvalue weighted by Gasteiger charge is -2.23. The minimum absolute atomic E-state index is 0.0641. The van der Waals surface area contributed by atoms with Crippen molar-refractivity contribution in [1.29, 1.82) is 0 Å². The lowest BCUT2D eigenvalue weighted by atomic mass is 9.90. The summed E-state index contributed by atoms with van der Waals surface area (Å²) in [7, 11) is 0. The van der Waals surface area contributed by atoms with Gasteiger partial charge < -0.3 is 15.3 Å². The molecule has 1 aromatic rings. The van der Waals surface area contributed by atoms with E-state index in [2.05, 4.69) is 45.9 Å². The second kappa shape index (κ2) is 12.6. The number of aliphatic hydroxyl groups is 1. The molecule has 0 heterocycles. The molecule has 0 saturated heterocycles. The number of benzene rings is 1. The van der Waals surface area contributed by atoms with Gasteiger partial charge in [0, 0.05) is 5.56 Å². The molecule has 0 amide bonds.